The smallest absolute Gasteiger partial charge is 0.246 e. The van der Waals surface area contributed by atoms with Gasteiger partial charge in [-0.2, -0.15) is 5.26 Å². The number of hydrogen-bond donors (Lipinski definition) is 2. The standard InChI is InChI=1S/C24H22N4O3S/c1-14(2)31-21-10-9-15(11-16(21)12-25)23-27-28-24(32-23)19-7-3-6-18-17(19)5-4-8-20(18)26-22(30)13-29/h6,9-11,14,20,29H,4-5,8,13H2,1-2H3,(H,26,30)/t20-/m1/s1. The third-order valence-electron chi connectivity index (χ3n) is 5.20. The van der Waals surface area contributed by atoms with Crippen molar-refractivity contribution in [2.75, 3.05) is 6.61 Å². The molecule has 162 valence electrons. The Morgan fingerprint density at radius 1 is 1.41 bits per heavy atom. The molecule has 1 aromatic carbocycles. The van der Waals surface area contributed by atoms with Crippen molar-refractivity contribution >= 4 is 22.8 Å². The Morgan fingerprint density at radius 3 is 2.97 bits per heavy atom. The summed E-state index contributed by atoms with van der Waals surface area (Å²) in [7, 11) is 0. The Bertz CT molecular complexity index is 1240. The van der Waals surface area contributed by atoms with E-state index in [2.05, 4.69) is 33.0 Å². The van der Waals surface area contributed by atoms with E-state index in [9.17, 15) is 10.1 Å². The van der Waals surface area contributed by atoms with E-state index >= 15 is 0 Å². The van der Waals surface area contributed by atoms with Crippen LogP contribution in [0.25, 0.3) is 16.1 Å². The van der Waals surface area contributed by atoms with Crippen LogP contribution in [-0.2, 0) is 4.79 Å². The third-order valence-corrected chi connectivity index (χ3v) is 6.19. The first-order valence-corrected chi connectivity index (χ1v) is 11.2. The van der Waals surface area contributed by atoms with Gasteiger partial charge in [-0.15, -0.1) is 10.2 Å². The Morgan fingerprint density at radius 2 is 2.22 bits per heavy atom. The number of carbonyl (C=O) groups is 1. The highest BCUT2D eigenvalue weighted by Crippen LogP contribution is 2.39. The Labute approximate surface area is 190 Å². The predicted molar refractivity (Wildman–Crippen MR) is 121 cm³/mol. The lowest BCUT2D eigenvalue weighted by Gasteiger charge is -2.28. The van der Waals surface area contributed by atoms with E-state index < -0.39 is 12.5 Å². The number of hydrogen-bond acceptors (Lipinski definition) is 7. The lowest BCUT2D eigenvalue weighted by atomic mass is 9.83. The number of allylic oxidation sites excluding steroid dienone is 2. The number of rotatable bonds is 6. The summed E-state index contributed by atoms with van der Waals surface area (Å²) in [6.45, 7) is 3.30. The number of aliphatic hydroxyl groups is 1. The monoisotopic (exact) mass is 446 g/mol. The van der Waals surface area contributed by atoms with Gasteiger partial charge in [-0.3, -0.25) is 4.79 Å². The summed E-state index contributed by atoms with van der Waals surface area (Å²) in [5, 5.41) is 31.6. The number of aromatic nitrogens is 2. The first kappa shape index (κ1) is 21.8. The summed E-state index contributed by atoms with van der Waals surface area (Å²) in [6.07, 6.45) is 4.37. The molecule has 32 heavy (non-hydrogen) atoms. The van der Waals surface area contributed by atoms with Crippen molar-refractivity contribution in [3.8, 4) is 22.4 Å². The van der Waals surface area contributed by atoms with Crippen molar-refractivity contribution in [1.82, 2.24) is 15.5 Å². The Balaban J connectivity index is 1.64. The minimum atomic E-state index is -0.535. The van der Waals surface area contributed by atoms with Gasteiger partial charge in [0.25, 0.3) is 0 Å². The second-order valence-corrected chi connectivity index (χ2v) is 8.77. The van der Waals surface area contributed by atoms with Crippen LogP contribution in [0, 0.1) is 11.3 Å². The van der Waals surface area contributed by atoms with Gasteiger partial charge in [-0.25, -0.2) is 0 Å². The van der Waals surface area contributed by atoms with Gasteiger partial charge in [0.1, 0.15) is 23.4 Å². The minimum Gasteiger partial charge on any atom is -0.490 e. The molecule has 0 aliphatic heterocycles. The van der Waals surface area contributed by atoms with Crippen LogP contribution >= 0.6 is 11.3 Å². The van der Waals surface area contributed by atoms with E-state index in [0.717, 1.165) is 41.5 Å². The van der Waals surface area contributed by atoms with Crippen molar-refractivity contribution < 1.29 is 14.6 Å². The molecule has 7 nitrogen and oxygen atoms in total. The zero-order valence-corrected chi connectivity index (χ0v) is 18.6. The fraction of sp³-hybridized carbons (Fsp3) is 0.333. The van der Waals surface area contributed by atoms with E-state index in [0.29, 0.717) is 21.3 Å². The van der Waals surface area contributed by atoms with Crippen molar-refractivity contribution in [3.63, 3.8) is 0 Å². The number of aliphatic hydroxyl groups excluding tert-OH is 1. The molecule has 1 heterocycles. The van der Waals surface area contributed by atoms with Gasteiger partial charge in [0, 0.05) is 5.56 Å². The van der Waals surface area contributed by atoms with E-state index in [1.54, 1.807) is 12.1 Å². The highest BCUT2D eigenvalue weighted by atomic mass is 32.1. The van der Waals surface area contributed by atoms with Crippen LogP contribution in [0.2, 0.25) is 0 Å². The fourth-order valence-electron chi connectivity index (χ4n) is 3.83. The molecule has 0 saturated heterocycles. The van der Waals surface area contributed by atoms with Gasteiger partial charge in [-0.05, 0) is 68.5 Å². The number of benzene rings is 1. The van der Waals surface area contributed by atoms with Crippen molar-refractivity contribution in [1.29, 1.82) is 5.26 Å². The fourth-order valence-corrected chi connectivity index (χ4v) is 4.70. The molecule has 0 unspecified atom stereocenters. The molecule has 0 radical (unpaired) electrons. The maximum Gasteiger partial charge on any atom is 0.246 e. The number of nitrogens with one attached hydrogen (secondary N) is 1. The first-order valence-electron chi connectivity index (χ1n) is 10.4. The lowest BCUT2D eigenvalue weighted by Crippen LogP contribution is -2.39. The predicted octanol–water partition coefficient (Wildman–Crippen LogP) is 3.53. The maximum atomic E-state index is 11.7. The van der Waals surface area contributed by atoms with E-state index in [1.807, 2.05) is 26.0 Å². The van der Waals surface area contributed by atoms with Crippen LogP contribution < -0.4 is 10.1 Å². The summed E-state index contributed by atoms with van der Waals surface area (Å²) < 4.78 is 5.70. The number of nitriles is 1. The maximum absolute atomic E-state index is 11.7. The molecule has 1 amide bonds. The van der Waals surface area contributed by atoms with Crippen LogP contribution in [0.1, 0.15) is 43.7 Å². The summed E-state index contributed by atoms with van der Waals surface area (Å²) in [4.78, 5) is 11.7. The molecule has 0 saturated carbocycles. The average molecular weight is 447 g/mol. The number of nitrogens with zero attached hydrogens (tertiary/aromatic N) is 3. The second kappa shape index (κ2) is 9.35. The van der Waals surface area contributed by atoms with Gasteiger partial charge >= 0.3 is 0 Å². The summed E-state index contributed by atoms with van der Waals surface area (Å²) >= 11 is 1.42. The highest BCUT2D eigenvalue weighted by Gasteiger charge is 2.28. The molecule has 2 aliphatic carbocycles. The normalized spacial score (nSPS) is 17.1. The summed E-state index contributed by atoms with van der Waals surface area (Å²) in [6, 6.07) is 7.44. The second-order valence-electron chi connectivity index (χ2n) is 7.79. The van der Waals surface area contributed by atoms with E-state index in [1.165, 1.54) is 11.3 Å². The number of ether oxygens (including phenoxy) is 1. The lowest BCUT2D eigenvalue weighted by molar-refractivity contribution is -0.124. The topological polar surface area (TPSA) is 108 Å². The average Bonchev–Trinajstić information content (AvgIpc) is 3.29. The first-order chi connectivity index (χ1) is 15.5. The summed E-state index contributed by atoms with van der Waals surface area (Å²) in [5.74, 6) is 0.153. The molecule has 1 atom stereocenters. The van der Waals surface area contributed by atoms with Crippen molar-refractivity contribution in [2.24, 2.45) is 0 Å². The zero-order chi connectivity index (χ0) is 22.7. The number of carbonyl (C=O) groups excluding carboxylic acids is 1. The van der Waals surface area contributed by atoms with Crippen LogP contribution in [-0.4, -0.2) is 40.0 Å². The molecule has 8 heteroatoms. The summed E-state index contributed by atoms with van der Waals surface area (Å²) in [5.41, 5.74) is 10.3. The number of amides is 1. The van der Waals surface area contributed by atoms with Gasteiger partial charge in [0.2, 0.25) is 5.91 Å². The molecule has 0 fully saturated rings. The van der Waals surface area contributed by atoms with Crippen LogP contribution in [0.5, 0.6) is 5.75 Å². The zero-order valence-electron chi connectivity index (χ0n) is 17.8. The molecule has 0 spiro atoms. The quantitative estimate of drug-likeness (QED) is 0.657. The Kier molecular flexibility index (Phi) is 6.36. The largest absolute Gasteiger partial charge is 0.490 e. The van der Waals surface area contributed by atoms with Gasteiger partial charge in [0.15, 0.2) is 5.01 Å². The SMILES string of the molecule is CC(C)Oc1ccc(-c2nnc(C3=C=C=CC4=C3CCC[C@H]4NC(=O)CO)s2)cc1C#N. The highest BCUT2D eigenvalue weighted by molar-refractivity contribution is 7.15. The van der Waals surface area contributed by atoms with Crippen LogP contribution in [0.15, 0.2) is 46.9 Å². The molecular weight excluding hydrogens is 424 g/mol. The Hall–Kier alpha value is -3.46. The third kappa shape index (κ3) is 4.43. The van der Waals surface area contributed by atoms with E-state index in [-0.39, 0.29) is 12.1 Å². The molecule has 2 aliphatic rings. The molecular formula is C24H22N4O3S. The molecule has 0 bridgehead atoms. The van der Waals surface area contributed by atoms with Gasteiger partial charge < -0.3 is 15.2 Å². The minimum absolute atomic E-state index is 0.0249. The molecule has 1 aromatic heterocycles. The van der Waals surface area contributed by atoms with Crippen LogP contribution in [0.3, 0.4) is 0 Å². The molecule has 4 rings (SSSR count). The molecule has 2 N–H and O–H groups in total. The van der Waals surface area contributed by atoms with E-state index in [4.69, 9.17) is 9.84 Å². The van der Waals surface area contributed by atoms with Crippen molar-refractivity contribution in [3.05, 3.63) is 57.5 Å². The van der Waals surface area contributed by atoms with Crippen molar-refractivity contribution in [2.45, 2.75) is 45.3 Å². The van der Waals surface area contributed by atoms with Gasteiger partial charge in [0.05, 0.1) is 23.3 Å². The van der Waals surface area contributed by atoms with Gasteiger partial charge in [-0.1, -0.05) is 22.8 Å². The van der Waals surface area contributed by atoms with Crippen LogP contribution in [0.4, 0.5) is 0 Å². The molecule has 2 aromatic rings.